The summed E-state index contributed by atoms with van der Waals surface area (Å²) in [7, 11) is 2.03. The van der Waals surface area contributed by atoms with Gasteiger partial charge in [0.05, 0.1) is 16.3 Å². The maximum atomic E-state index is 11.1. The quantitative estimate of drug-likeness (QED) is 0.407. The number of pyridine rings is 2. The average molecular weight is 407 g/mol. The van der Waals surface area contributed by atoms with Gasteiger partial charge in [0, 0.05) is 62.8 Å². The van der Waals surface area contributed by atoms with Gasteiger partial charge in [0.25, 0.3) is 5.69 Å². The predicted octanol–water partition coefficient (Wildman–Crippen LogP) is 3.22. The van der Waals surface area contributed by atoms with Gasteiger partial charge in [-0.1, -0.05) is 12.1 Å². The van der Waals surface area contributed by atoms with Crippen molar-refractivity contribution in [1.29, 1.82) is 0 Å². The van der Waals surface area contributed by atoms with Crippen molar-refractivity contribution < 1.29 is 10.0 Å². The van der Waals surface area contributed by atoms with Gasteiger partial charge in [-0.25, -0.2) is 0 Å². The second-order valence-corrected chi connectivity index (χ2v) is 7.16. The molecule has 0 unspecified atom stereocenters. The molecule has 3 rings (SSSR count). The Morgan fingerprint density at radius 2 is 1.60 bits per heavy atom. The molecule has 0 aliphatic carbocycles. The molecule has 156 valence electrons. The first-order valence-electron chi connectivity index (χ1n) is 9.68. The van der Waals surface area contributed by atoms with Gasteiger partial charge in [-0.05, 0) is 37.4 Å². The Morgan fingerprint density at radius 1 is 0.933 bits per heavy atom. The van der Waals surface area contributed by atoms with Crippen LogP contribution in [0.2, 0.25) is 0 Å². The molecule has 1 aromatic carbocycles. The molecule has 2 heterocycles. The number of hydrogen-bond acceptors (Lipinski definition) is 7. The van der Waals surface area contributed by atoms with Crippen LogP contribution >= 0.6 is 0 Å². The number of non-ortho nitro benzene ring substituents is 1. The van der Waals surface area contributed by atoms with Crippen molar-refractivity contribution in [1.82, 2.24) is 19.8 Å². The van der Waals surface area contributed by atoms with Crippen molar-refractivity contribution >= 4 is 5.69 Å². The number of phenolic OH excluding ortho intramolecular Hbond substituents is 1. The Morgan fingerprint density at radius 3 is 2.20 bits per heavy atom. The van der Waals surface area contributed by atoms with Gasteiger partial charge in [-0.3, -0.25) is 29.9 Å². The number of nitrogens with zero attached hydrogens (tertiary/aromatic N) is 5. The number of nitro groups is 1. The summed E-state index contributed by atoms with van der Waals surface area (Å²) in [5.41, 5.74) is 2.38. The highest BCUT2D eigenvalue weighted by Gasteiger charge is 2.15. The third-order valence-corrected chi connectivity index (χ3v) is 4.74. The number of aromatic hydroxyl groups is 1. The van der Waals surface area contributed by atoms with Crippen molar-refractivity contribution in [3.63, 3.8) is 0 Å². The number of phenols is 1. The molecule has 0 saturated heterocycles. The molecule has 0 aliphatic heterocycles. The minimum absolute atomic E-state index is 0.0344. The third kappa shape index (κ3) is 6.33. The van der Waals surface area contributed by atoms with Gasteiger partial charge in [-0.2, -0.15) is 0 Å². The predicted molar refractivity (Wildman–Crippen MR) is 114 cm³/mol. The molecular weight excluding hydrogens is 382 g/mol. The number of aromatic nitrogens is 2. The fraction of sp³-hybridized carbons (Fsp3) is 0.273. The topological polar surface area (TPSA) is 95.6 Å². The lowest BCUT2D eigenvalue weighted by Crippen LogP contribution is -2.33. The standard InChI is InChI=1S/C22H25N5O3/c1-25(16-19-6-2-4-10-23-19)12-13-26(17-20-7-3-5-11-24-20)15-18-14-21(27(29)30)8-9-22(18)28/h2-11,14,28H,12-13,15-17H2,1H3. The minimum Gasteiger partial charge on any atom is -0.508 e. The molecule has 30 heavy (non-hydrogen) atoms. The van der Waals surface area contributed by atoms with Crippen LogP contribution in [0.15, 0.2) is 67.0 Å². The maximum Gasteiger partial charge on any atom is 0.270 e. The number of nitro benzene ring substituents is 1. The molecule has 0 saturated carbocycles. The van der Waals surface area contributed by atoms with Crippen LogP contribution in [-0.2, 0) is 19.6 Å². The van der Waals surface area contributed by atoms with E-state index in [-0.39, 0.29) is 11.4 Å². The van der Waals surface area contributed by atoms with Gasteiger partial charge in [-0.15, -0.1) is 0 Å². The van der Waals surface area contributed by atoms with E-state index < -0.39 is 4.92 Å². The zero-order chi connectivity index (χ0) is 21.3. The number of rotatable bonds is 10. The summed E-state index contributed by atoms with van der Waals surface area (Å²) < 4.78 is 0. The molecule has 0 fully saturated rings. The average Bonchev–Trinajstić information content (AvgIpc) is 2.75. The Kier molecular flexibility index (Phi) is 7.42. The van der Waals surface area contributed by atoms with E-state index in [1.54, 1.807) is 12.4 Å². The van der Waals surface area contributed by atoms with E-state index in [0.29, 0.717) is 25.2 Å². The highest BCUT2D eigenvalue weighted by atomic mass is 16.6. The molecule has 8 nitrogen and oxygen atoms in total. The molecule has 1 N–H and O–H groups in total. The van der Waals surface area contributed by atoms with E-state index in [2.05, 4.69) is 19.8 Å². The molecular formula is C22H25N5O3. The Labute approximate surface area is 175 Å². The molecule has 0 bridgehead atoms. The van der Waals surface area contributed by atoms with E-state index in [9.17, 15) is 15.2 Å². The minimum atomic E-state index is -0.452. The normalized spacial score (nSPS) is 11.2. The van der Waals surface area contributed by atoms with E-state index in [1.165, 1.54) is 18.2 Å². The Balaban J connectivity index is 1.70. The Hall–Kier alpha value is -3.36. The molecule has 0 amide bonds. The van der Waals surface area contributed by atoms with E-state index in [1.807, 2.05) is 43.4 Å². The number of benzene rings is 1. The van der Waals surface area contributed by atoms with E-state index in [4.69, 9.17) is 0 Å². The van der Waals surface area contributed by atoms with Crippen molar-refractivity contribution in [2.75, 3.05) is 20.1 Å². The fourth-order valence-electron chi connectivity index (χ4n) is 3.15. The summed E-state index contributed by atoms with van der Waals surface area (Å²) in [5, 5.41) is 21.3. The van der Waals surface area contributed by atoms with Gasteiger partial charge in [0.15, 0.2) is 0 Å². The van der Waals surface area contributed by atoms with Gasteiger partial charge in [0.2, 0.25) is 0 Å². The summed E-state index contributed by atoms with van der Waals surface area (Å²) in [6, 6.07) is 15.7. The molecule has 8 heteroatoms. The lowest BCUT2D eigenvalue weighted by atomic mass is 10.1. The summed E-state index contributed by atoms with van der Waals surface area (Å²) in [6.45, 7) is 3.13. The van der Waals surface area contributed by atoms with Crippen LogP contribution in [0.4, 0.5) is 5.69 Å². The largest absolute Gasteiger partial charge is 0.508 e. The van der Waals surface area contributed by atoms with Gasteiger partial charge >= 0.3 is 0 Å². The second-order valence-electron chi connectivity index (χ2n) is 7.16. The van der Waals surface area contributed by atoms with Crippen LogP contribution in [0, 0.1) is 10.1 Å². The zero-order valence-corrected chi connectivity index (χ0v) is 16.9. The molecule has 2 aromatic heterocycles. The van der Waals surface area contributed by atoms with Crippen LogP contribution in [0.25, 0.3) is 0 Å². The lowest BCUT2D eigenvalue weighted by molar-refractivity contribution is -0.385. The van der Waals surface area contributed by atoms with E-state index in [0.717, 1.165) is 24.5 Å². The maximum absolute atomic E-state index is 11.1. The molecule has 3 aromatic rings. The van der Waals surface area contributed by atoms with Gasteiger partial charge < -0.3 is 5.11 Å². The Bertz CT molecular complexity index is 954. The molecule has 0 radical (unpaired) electrons. The first-order chi connectivity index (χ1) is 14.5. The summed E-state index contributed by atoms with van der Waals surface area (Å²) in [6.07, 6.45) is 3.52. The van der Waals surface area contributed by atoms with Crippen molar-refractivity contribution in [3.8, 4) is 5.75 Å². The highest BCUT2D eigenvalue weighted by Crippen LogP contribution is 2.24. The third-order valence-electron chi connectivity index (χ3n) is 4.74. The monoisotopic (exact) mass is 407 g/mol. The van der Waals surface area contributed by atoms with E-state index >= 15 is 0 Å². The fourth-order valence-corrected chi connectivity index (χ4v) is 3.15. The summed E-state index contributed by atoms with van der Waals surface area (Å²) in [4.78, 5) is 23.7. The second kappa shape index (κ2) is 10.4. The smallest absolute Gasteiger partial charge is 0.270 e. The summed E-state index contributed by atoms with van der Waals surface area (Å²) >= 11 is 0. The van der Waals surface area contributed by atoms with Crippen LogP contribution in [0.1, 0.15) is 17.0 Å². The van der Waals surface area contributed by atoms with Crippen LogP contribution in [0.5, 0.6) is 5.75 Å². The van der Waals surface area contributed by atoms with Crippen LogP contribution in [-0.4, -0.2) is 49.9 Å². The van der Waals surface area contributed by atoms with Crippen molar-refractivity contribution in [2.24, 2.45) is 0 Å². The first-order valence-corrected chi connectivity index (χ1v) is 9.68. The molecule has 0 spiro atoms. The highest BCUT2D eigenvalue weighted by molar-refractivity contribution is 5.43. The van der Waals surface area contributed by atoms with Crippen LogP contribution < -0.4 is 0 Å². The van der Waals surface area contributed by atoms with Crippen molar-refractivity contribution in [2.45, 2.75) is 19.6 Å². The molecule has 0 aliphatic rings. The lowest BCUT2D eigenvalue weighted by Gasteiger charge is -2.25. The molecule has 0 atom stereocenters. The SMILES string of the molecule is CN(CCN(Cc1ccccn1)Cc1cc([N+](=O)[O-])ccc1O)Cc1ccccn1. The van der Waals surface area contributed by atoms with Gasteiger partial charge in [0.1, 0.15) is 5.75 Å². The number of likely N-dealkylation sites (N-methyl/N-ethyl adjacent to an activating group) is 1. The zero-order valence-electron chi connectivity index (χ0n) is 16.9. The number of hydrogen-bond donors (Lipinski definition) is 1. The summed E-state index contributed by atoms with van der Waals surface area (Å²) in [5.74, 6) is 0.0495. The van der Waals surface area contributed by atoms with Crippen molar-refractivity contribution in [3.05, 3.63) is 94.1 Å². The van der Waals surface area contributed by atoms with Crippen LogP contribution in [0.3, 0.4) is 0 Å². The first kappa shape index (κ1) is 21.4.